The molecule has 206 valence electrons. The molecule has 2 aliphatic rings. The van der Waals surface area contributed by atoms with E-state index in [4.69, 9.17) is 4.74 Å². The lowest BCUT2D eigenvalue weighted by molar-refractivity contribution is -0.134. The number of halogens is 1. The van der Waals surface area contributed by atoms with E-state index in [9.17, 15) is 23.9 Å². The predicted octanol–water partition coefficient (Wildman–Crippen LogP) is 1.60. The first kappa shape index (κ1) is 26.6. The Bertz CT molecular complexity index is 1490. The third kappa shape index (κ3) is 5.19. The highest BCUT2D eigenvalue weighted by atomic mass is 19.1. The number of fused-ring (bicyclic) bond motifs is 1. The molecule has 0 radical (unpaired) electrons. The lowest BCUT2D eigenvalue weighted by atomic mass is 10.0. The molecule has 10 nitrogen and oxygen atoms in total. The summed E-state index contributed by atoms with van der Waals surface area (Å²) in [6, 6.07) is 12.2. The molecule has 0 bridgehead atoms. The number of methoxy groups -OCH3 is 1. The Morgan fingerprint density at radius 2 is 1.82 bits per heavy atom. The Morgan fingerprint density at radius 1 is 1.08 bits per heavy atom. The molecule has 1 amide bonds. The van der Waals surface area contributed by atoms with Crippen LogP contribution in [0.3, 0.4) is 0 Å². The average Bonchev–Trinajstić information content (AvgIpc) is 3.11. The van der Waals surface area contributed by atoms with Crippen LogP contribution in [0.4, 0.5) is 10.1 Å². The van der Waals surface area contributed by atoms with Gasteiger partial charge in [-0.2, -0.15) is 0 Å². The topological polar surface area (TPSA) is 109 Å². The number of carbonyl (C=O) groups is 1. The maximum atomic E-state index is 14.3. The number of nitrogens with one attached hydrogen (secondary N) is 1. The minimum atomic E-state index is -0.816. The van der Waals surface area contributed by atoms with E-state index in [0.29, 0.717) is 32.5 Å². The maximum Gasteiger partial charge on any atom is 0.331 e. The SMILES string of the molecule is COc1c(F)cccc1-c1cn(CC(=O)N2CCC(N3CCc4ccccc4NC3O)CC2)c(=O)n(C)c1=O. The molecule has 3 heterocycles. The zero-order chi connectivity index (χ0) is 27.7. The number of rotatable bonds is 5. The van der Waals surface area contributed by atoms with Crippen molar-refractivity contribution in [2.75, 3.05) is 32.1 Å². The number of carbonyl (C=O) groups excluding carboxylic acids is 1. The smallest absolute Gasteiger partial charge is 0.331 e. The van der Waals surface area contributed by atoms with Crippen molar-refractivity contribution in [1.82, 2.24) is 18.9 Å². The third-order valence-corrected chi connectivity index (χ3v) is 7.66. The third-order valence-electron chi connectivity index (χ3n) is 7.66. The zero-order valence-electron chi connectivity index (χ0n) is 22.0. The number of likely N-dealkylation sites (tertiary alicyclic amines) is 1. The first-order chi connectivity index (χ1) is 18.8. The van der Waals surface area contributed by atoms with Gasteiger partial charge in [-0.15, -0.1) is 0 Å². The molecule has 1 atom stereocenters. The van der Waals surface area contributed by atoms with Gasteiger partial charge in [-0.25, -0.2) is 9.18 Å². The van der Waals surface area contributed by atoms with Crippen LogP contribution in [-0.4, -0.2) is 69.1 Å². The van der Waals surface area contributed by atoms with Crippen molar-refractivity contribution in [3.05, 3.63) is 80.9 Å². The summed E-state index contributed by atoms with van der Waals surface area (Å²) >= 11 is 0. The zero-order valence-corrected chi connectivity index (χ0v) is 22.0. The van der Waals surface area contributed by atoms with Gasteiger partial charge in [0.2, 0.25) is 5.91 Å². The summed E-state index contributed by atoms with van der Waals surface area (Å²) in [4.78, 5) is 42.7. The van der Waals surface area contributed by atoms with Crippen molar-refractivity contribution in [3.63, 3.8) is 0 Å². The van der Waals surface area contributed by atoms with Gasteiger partial charge >= 0.3 is 5.69 Å². The Balaban J connectivity index is 1.29. The Morgan fingerprint density at radius 3 is 2.56 bits per heavy atom. The second-order valence-corrected chi connectivity index (χ2v) is 9.91. The lowest BCUT2D eigenvalue weighted by Gasteiger charge is -2.40. The van der Waals surface area contributed by atoms with E-state index in [1.807, 2.05) is 23.1 Å². The van der Waals surface area contributed by atoms with Crippen LogP contribution < -0.4 is 21.3 Å². The summed E-state index contributed by atoms with van der Waals surface area (Å²) in [7, 11) is 2.63. The molecular weight excluding hydrogens is 505 g/mol. The van der Waals surface area contributed by atoms with Crippen LogP contribution in [0.1, 0.15) is 18.4 Å². The highest BCUT2D eigenvalue weighted by Crippen LogP contribution is 2.30. The number of hydrogen-bond donors (Lipinski definition) is 2. The summed E-state index contributed by atoms with van der Waals surface area (Å²) in [5.41, 5.74) is 1.10. The van der Waals surface area contributed by atoms with Crippen molar-refractivity contribution in [3.8, 4) is 16.9 Å². The van der Waals surface area contributed by atoms with E-state index < -0.39 is 23.4 Å². The van der Waals surface area contributed by atoms with Crippen LogP contribution >= 0.6 is 0 Å². The van der Waals surface area contributed by atoms with Gasteiger partial charge in [-0.05, 0) is 37.0 Å². The number of hydrogen-bond acceptors (Lipinski definition) is 7. The number of amides is 1. The van der Waals surface area contributed by atoms with Gasteiger partial charge in [0, 0.05) is 50.2 Å². The number of piperidine rings is 1. The van der Waals surface area contributed by atoms with Gasteiger partial charge in [0.1, 0.15) is 6.54 Å². The fourth-order valence-corrected chi connectivity index (χ4v) is 5.50. The van der Waals surface area contributed by atoms with E-state index >= 15 is 0 Å². The van der Waals surface area contributed by atoms with Crippen LogP contribution in [0.15, 0.2) is 58.3 Å². The fourth-order valence-electron chi connectivity index (χ4n) is 5.50. The molecule has 0 aliphatic carbocycles. The van der Waals surface area contributed by atoms with Crippen LogP contribution in [-0.2, 0) is 24.8 Å². The number of nitrogens with zero attached hydrogens (tertiary/aromatic N) is 4. The minimum absolute atomic E-state index is 0.0589. The van der Waals surface area contributed by atoms with E-state index in [1.54, 1.807) is 4.90 Å². The van der Waals surface area contributed by atoms with Crippen molar-refractivity contribution in [2.24, 2.45) is 7.05 Å². The van der Waals surface area contributed by atoms with Crippen molar-refractivity contribution in [1.29, 1.82) is 0 Å². The monoisotopic (exact) mass is 537 g/mol. The standard InChI is InChI=1S/C28H32FN5O5/c1-31-26(36)21(20-7-5-8-22(29)25(20)39-2)16-33(28(31)38)17-24(35)32-13-11-19(12-14-32)34-15-10-18-6-3-4-9-23(18)30-27(34)37/h3-9,16,19,27,30,37H,10-15,17H2,1-2H3. The van der Waals surface area contributed by atoms with Crippen LogP contribution in [0.25, 0.3) is 11.1 Å². The van der Waals surface area contributed by atoms with E-state index in [-0.39, 0.29) is 35.4 Å². The summed E-state index contributed by atoms with van der Waals surface area (Å²) in [5, 5.41) is 14.0. The molecule has 1 aromatic heterocycles. The molecule has 5 rings (SSSR count). The Hall–Kier alpha value is -3.96. The van der Waals surface area contributed by atoms with Gasteiger partial charge in [-0.3, -0.25) is 23.6 Å². The first-order valence-electron chi connectivity index (χ1n) is 13.0. The molecule has 2 N–H and O–H groups in total. The van der Waals surface area contributed by atoms with Gasteiger partial charge in [0.25, 0.3) is 5.56 Å². The molecule has 2 aromatic carbocycles. The quantitative estimate of drug-likeness (QED) is 0.509. The Kier molecular flexibility index (Phi) is 7.53. The molecular formula is C28H32FN5O5. The molecule has 2 aliphatic heterocycles. The van der Waals surface area contributed by atoms with Gasteiger partial charge in [-0.1, -0.05) is 30.3 Å². The summed E-state index contributed by atoms with van der Waals surface area (Å²) in [6.45, 7) is 1.39. The number of benzene rings is 2. The van der Waals surface area contributed by atoms with E-state index in [0.717, 1.165) is 22.2 Å². The summed E-state index contributed by atoms with van der Waals surface area (Å²) < 4.78 is 21.5. The normalized spacial score (nSPS) is 18.3. The predicted molar refractivity (Wildman–Crippen MR) is 144 cm³/mol. The highest BCUT2D eigenvalue weighted by Gasteiger charge is 2.32. The van der Waals surface area contributed by atoms with Crippen LogP contribution in [0, 0.1) is 5.82 Å². The number of aromatic nitrogens is 2. The number of aliphatic hydroxyl groups excluding tert-OH is 1. The lowest BCUT2D eigenvalue weighted by Crippen LogP contribution is -2.53. The second kappa shape index (κ2) is 11.0. The second-order valence-electron chi connectivity index (χ2n) is 9.91. The van der Waals surface area contributed by atoms with Crippen molar-refractivity contribution >= 4 is 11.6 Å². The molecule has 3 aromatic rings. The maximum absolute atomic E-state index is 14.3. The molecule has 1 unspecified atom stereocenters. The summed E-state index contributed by atoms with van der Waals surface area (Å²) in [5.74, 6) is -1.00. The average molecular weight is 538 g/mol. The molecule has 0 spiro atoms. The van der Waals surface area contributed by atoms with E-state index in [2.05, 4.69) is 11.4 Å². The number of aliphatic hydroxyl groups is 1. The molecule has 39 heavy (non-hydrogen) atoms. The van der Waals surface area contributed by atoms with Crippen LogP contribution in [0.2, 0.25) is 0 Å². The molecule has 1 fully saturated rings. The largest absolute Gasteiger partial charge is 0.493 e. The highest BCUT2D eigenvalue weighted by molar-refractivity contribution is 5.76. The van der Waals surface area contributed by atoms with Gasteiger partial charge in [0.05, 0.1) is 12.7 Å². The Labute approximate surface area is 224 Å². The van der Waals surface area contributed by atoms with Crippen LogP contribution in [0.5, 0.6) is 5.75 Å². The minimum Gasteiger partial charge on any atom is -0.493 e. The van der Waals surface area contributed by atoms with Gasteiger partial charge in [0.15, 0.2) is 17.9 Å². The number of ether oxygens (including phenoxy) is 1. The van der Waals surface area contributed by atoms with E-state index in [1.165, 1.54) is 43.1 Å². The van der Waals surface area contributed by atoms with Crippen molar-refractivity contribution in [2.45, 2.75) is 38.2 Å². The molecule has 11 heteroatoms. The molecule has 0 saturated carbocycles. The first-order valence-corrected chi connectivity index (χ1v) is 13.0. The number of para-hydroxylation sites is 2. The van der Waals surface area contributed by atoms with Crippen molar-refractivity contribution < 1.29 is 19.0 Å². The summed E-state index contributed by atoms with van der Waals surface area (Å²) in [6.07, 6.45) is 2.64. The fraction of sp³-hybridized carbons (Fsp3) is 0.393. The number of anilines is 1. The molecule has 1 saturated heterocycles. The van der Waals surface area contributed by atoms with Gasteiger partial charge < -0.3 is 20.1 Å².